The highest BCUT2D eigenvalue weighted by Crippen LogP contribution is 2.22. The first-order valence-corrected chi connectivity index (χ1v) is 9.15. The van der Waals surface area contributed by atoms with Gasteiger partial charge in [-0.15, -0.1) is 0 Å². The van der Waals surface area contributed by atoms with Gasteiger partial charge in [-0.05, 0) is 48.2 Å². The molecule has 2 aromatic carbocycles. The predicted molar refractivity (Wildman–Crippen MR) is 105 cm³/mol. The van der Waals surface area contributed by atoms with E-state index in [0.717, 1.165) is 35.3 Å². The summed E-state index contributed by atoms with van der Waals surface area (Å²) in [5, 5.41) is 6.91. The fourth-order valence-electron chi connectivity index (χ4n) is 2.88. The third-order valence-corrected chi connectivity index (χ3v) is 4.38. The van der Waals surface area contributed by atoms with Crippen LogP contribution in [0.15, 0.2) is 55.1 Å². The summed E-state index contributed by atoms with van der Waals surface area (Å²) in [7, 11) is 0. The molecular weight excluding hydrogens is 356 g/mol. The molecule has 0 bridgehead atoms. The lowest BCUT2D eigenvalue weighted by Gasteiger charge is -2.14. The normalized spacial score (nSPS) is 10.5. The molecule has 1 N–H and O–H groups in total. The van der Waals surface area contributed by atoms with Gasteiger partial charge in [-0.1, -0.05) is 32.0 Å². The van der Waals surface area contributed by atoms with Crippen molar-refractivity contribution in [1.29, 1.82) is 0 Å². The highest BCUT2D eigenvalue weighted by Gasteiger charge is 2.13. The topological polar surface area (TPSA) is 86.1 Å². The molecule has 0 fully saturated rings. The molecule has 3 aromatic rings. The maximum Gasteiger partial charge on any atom is 0.338 e. The number of aromatic nitrogens is 3. The zero-order valence-corrected chi connectivity index (χ0v) is 15.9. The zero-order chi connectivity index (χ0) is 19.9. The van der Waals surface area contributed by atoms with Crippen LogP contribution in [0.1, 0.15) is 35.3 Å². The van der Waals surface area contributed by atoms with Crippen molar-refractivity contribution in [3.8, 4) is 5.69 Å². The van der Waals surface area contributed by atoms with Crippen LogP contribution in [0.2, 0.25) is 0 Å². The van der Waals surface area contributed by atoms with E-state index in [1.54, 1.807) is 35.3 Å². The molecule has 0 atom stereocenters. The summed E-state index contributed by atoms with van der Waals surface area (Å²) in [5.41, 5.74) is 4.06. The Bertz CT molecular complexity index is 928. The lowest BCUT2D eigenvalue weighted by molar-refractivity contribution is -0.119. The maximum absolute atomic E-state index is 12.3. The summed E-state index contributed by atoms with van der Waals surface area (Å²) in [6.45, 7) is 3.73. The van der Waals surface area contributed by atoms with Crippen LogP contribution < -0.4 is 5.32 Å². The van der Waals surface area contributed by atoms with Crippen LogP contribution in [0.25, 0.3) is 5.69 Å². The van der Waals surface area contributed by atoms with Crippen molar-refractivity contribution in [2.45, 2.75) is 26.7 Å². The van der Waals surface area contributed by atoms with Gasteiger partial charge in [0.15, 0.2) is 6.61 Å². The van der Waals surface area contributed by atoms with E-state index in [0.29, 0.717) is 5.56 Å². The molecule has 28 heavy (non-hydrogen) atoms. The van der Waals surface area contributed by atoms with E-state index in [9.17, 15) is 9.59 Å². The molecule has 1 heterocycles. The van der Waals surface area contributed by atoms with Crippen LogP contribution in [-0.4, -0.2) is 33.2 Å². The van der Waals surface area contributed by atoms with E-state index < -0.39 is 5.97 Å². The van der Waals surface area contributed by atoms with E-state index in [2.05, 4.69) is 15.4 Å². The first kappa shape index (κ1) is 19.3. The van der Waals surface area contributed by atoms with E-state index >= 15 is 0 Å². The van der Waals surface area contributed by atoms with Crippen molar-refractivity contribution in [3.63, 3.8) is 0 Å². The van der Waals surface area contributed by atoms with Crippen LogP contribution in [0.4, 0.5) is 5.69 Å². The lowest BCUT2D eigenvalue weighted by atomic mass is 10.0. The Morgan fingerprint density at radius 3 is 2.29 bits per heavy atom. The first-order chi connectivity index (χ1) is 13.6. The monoisotopic (exact) mass is 378 g/mol. The summed E-state index contributed by atoms with van der Waals surface area (Å²) >= 11 is 0. The van der Waals surface area contributed by atoms with Crippen LogP contribution in [0, 0.1) is 0 Å². The Balaban J connectivity index is 1.60. The molecular formula is C21H22N4O3. The third-order valence-electron chi connectivity index (χ3n) is 4.38. The Hall–Kier alpha value is -3.48. The van der Waals surface area contributed by atoms with Gasteiger partial charge in [-0.25, -0.2) is 14.5 Å². The van der Waals surface area contributed by atoms with Crippen LogP contribution >= 0.6 is 0 Å². The number of nitrogens with zero attached hydrogens (tertiary/aromatic N) is 3. The van der Waals surface area contributed by atoms with Gasteiger partial charge in [0.25, 0.3) is 5.91 Å². The number of hydrogen-bond acceptors (Lipinski definition) is 5. The number of anilines is 1. The largest absolute Gasteiger partial charge is 0.452 e. The average molecular weight is 378 g/mol. The number of carbonyl (C=O) groups excluding carboxylic acids is 2. The Labute approximate surface area is 163 Å². The third kappa shape index (κ3) is 4.43. The highest BCUT2D eigenvalue weighted by atomic mass is 16.5. The highest BCUT2D eigenvalue weighted by molar-refractivity contribution is 5.96. The minimum atomic E-state index is -0.556. The van der Waals surface area contributed by atoms with E-state index in [4.69, 9.17) is 4.74 Å². The van der Waals surface area contributed by atoms with Crippen molar-refractivity contribution in [2.24, 2.45) is 0 Å². The van der Waals surface area contributed by atoms with E-state index in [1.807, 2.05) is 32.0 Å². The Morgan fingerprint density at radius 2 is 1.71 bits per heavy atom. The molecule has 7 nitrogen and oxygen atoms in total. The fraction of sp³-hybridized carbons (Fsp3) is 0.238. The van der Waals surface area contributed by atoms with Gasteiger partial charge in [-0.3, -0.25) is 4.79 Å². The standard InChI is InChI=1S/C21H22N4O3/c1-3-15-6-5-7-16(4-2)20(15)24-19(26)12-28-21(27)17-8-10-18(11-9-17)25-14-22-13-23-25/h5-11,13-14H,3-4,12H2,1-2H3,(H,24,26). The van der Waals surface area contributed by atoms with Gasteiger partial charge in [0.1, 0.15) is 12.7 Å². The molecule has 1 aromatic heterocycles. The van der Waals surface area contributed by atoms with Crippen LogP contribution in [-0.2, 0) is 22.4 Å². The number of rotatable bonds is 7. The average Bonchev–Trinajstić information content (AvgIpc) is 3.27. The molecule has 1 amide bonds. The van der Waals surface area contributed by atoms with E-state index in [-0.39, 0.29) is 12.5 Å². The number of carbonyl (C=O) groups is 2. The predicted octanol–water partition coefficient (Wildman–Crippen LogP) is 3.19. The molecule has 0 saturated heterocycles. The first-order valence-electron chi connectivity index (χ1n) is 9.15. The summed E-state index contributed by atoms with van der Waals surface area (Å²) in [5.74, 6) is -0.914. The van der Waals surface area contributed by atoms with Gasteiger partial charge in [0, 0.05) is 5.69 Å². The molecule has 0 spiro atoms. The number of aryl methyl sites for hydroxylation is 2. The summed E-state index contributed by atoms with van der Waals surface area (Å²) < 4.78 is 6.74. The number of amides is 1. The number of nitrogens with one attached hydrogen (secondary N) is 1. The summed E-state index contributed by atoms with van der Waals surface area (Å²) in [6.07, 6.45) is 4.61. The van der Waals surface area contributed by atoms with Gasteiger partial charge < -0.3 is 10.1 Å². The van der Waals surface area contributed by atoms with Crippen LogP contribution in [0.3, 0.4) is 0 Å². The fourth-order valence-corrected chi connectivity index (χ4v) is 2.88. The summed E-state index contributed by atoms with van der Waals surface area (Å²) in [6, 6.07) is 12.7. The smallest absolute Gasteiger partial charge is 0.338 e. The molecule has 0 saturated carbocycles. The van der Waals surface area contributed by atoms with Crippen molar-refractivity contribution >= 4 is 17.6 Å². The van der Waals surface area contributed by atoms with Gasteiger partial charge >= 0.3 is 5.97 Å². The van der Waals surface area contributed by atoms with Crippen LogP contribution in [0.5, 0.6) is 0 Å². The number of ether oxygens (including phenoxy) is 1. The lowest BCUT2D eigenvalue weighted by Crippen LogP contribution is -2.22. The van der Waals surface area contributed by atoms with Gasteiger partial charge in [0.2, 0.25) is 0 Å². The number of esters is 1. The SMILES string of the molecule is CCc1cccc(CC)c1NC(=O)COC(=O)c1ccc(-n2cncn2)cc1. The summed E-state index contributed by atoms with van der Waals surface area (Å²) in [4.78, 5) is 28.4. The molecule has 0 unspecified atom stereocenters. The van der Waals surface area contributed by atoms with Crippen molar-refractivity contribution in [3.05, 3.63) is 71.8 Å². The van der Waals surface area contributed by atoms with Crippen molar-refractivity contribution in [2.75, 3.05) is 11.9 Å². The Kier molecular flexibility index (Phi) is 6.16. The molecule has 0 aliphatic carbocycles. The van der Waals surface area contributed by atoms with Gasteiger partial charge in [-0.2, -0.15) is 5.10 Å². The molecule has 0 aliphatic rings. The van der Waals surface area contributed by atoms with E-state index in [1.165, 1.54) is 6.33 Å². The quantitative estimate of drug-likeness (QED) is 0.638. The minimum absolute atomic E-state index is 0.342. The van der Waals surface area contributed by atoms with Crippen molar-refractivity contribution in [1.82, 2.24) is 14.8 Å². The number of hydrogen-bond donors (Lipinski definition) is 1. The molecule has 0 radical (unpaired) electrons. The zero-order valence-electron chi connectivity index (χ0n) is 15.9. The second-order valence-electron chi connectivity index (χ2n) is 6.17. The molecule has 144 valence electrons. The molecule has 7 heteroatoms. The molecule has 3 rings (SSSR count). The maximum atomic E-state index is 12.3. The molecule has 0 aliphatic heterocycles. The van der Waals surface area contributed by atoms with Gasteiger partial charge in [0.05, 0.1) is 11.3 Å². The Morgan fingerprint density at radius 1 is 1.04 bits per heavy atom. The second-order valence-corrected chi connectivity index (χ2v) is 6.17. The number of benzene rings is 2. The minimum Gasteiger partial charge on any atom is -0.452 e. The van der Waals surface area contributed by atoms with Crippen molar-refractivity contribution < 1.29 is 14.3 Å². The second kappa shape index (κ2) is 8.94. The number of para-hydroxylation sites is 1.